The number of nitrogens with zero attached hydrogens (tertiary/aromatic N) is 2. The van der Waals surface area contributed by atoms with Crippen molar-refractivity contribution in [2.45, 2.75) is 25.8 Å². The molecule has 0 amide bonds. The molecule has 0 saturated heterocycles. The van der Waals surface area contributed by atoms with Gasteiger partial charge >= 0.3 is 0 Å². The van der Waals surface area contributed by atoms with E-state index in [1.54, 1.807) is 0 Å². The third-order valence-electron chi connectivity index (χ3n) is 4.02. The van der Waals surface area contributed by atoms with Crippen LogP contribution in [0.4, 0.5) is 0 Å². The van der Waals surface area contributed by atoms with Crippen LogP contribution in [0, 0.1) is 0 Å². The largest absolute Gasteiger partial charge is 0.330 e. The SMILES string of the molecule is CCc1ccc2c(c1)nc(C(N)Cc1ccccc1)n2C. The van der Waals surface area contributed by atoms with Crippen LogP contribution in [0.5, 0.6) is 0 Å². The second kappa shape index (κ2) is 5.70. The summed E-state index contributed by atoms with van der Waals surface area (Å²) in [6.07, 6.45) is 1.83. The molecular formula is C18H21N3. The molecule has 21 heavy (non-hydrogen) atoms. The first-order valence-electron chi connectivity index (χ1n) is 7.43. The van der Waals surface area contributed by atoms with Crippen LogP contribution in [-0.4, -0.2) is 9.55 Å². The number of hydrogen-bond acceptors (Lipinski definition) is 2. The van der Waals surface area contributed by atoms with Gasteiger partial charge in [0.25, 0.3) is 0 Å². The van der Waals surface area contributed by atoms with E-state index in [2.05, 4.69) is 41.8 Å². The fourth-order valence-corrected chi connectivity index (χ4v) is 2.77. The van der Waals surface area contributed by atoms with Crippen LogP contribution in [0.2, 0.25) is 0 Å². The first-order chi connectivity index (χ1) is 10.2. The van der Waals surface area contributed by atoms with Crippen molar-refractivity contribution in [1.29, 1.82) is 0 Å². The monoisotopic (exact) mass is 279 g/mol. The Morgan fingerprint density at radius 1 is 1.10 bits per heavy atom. The highest BCUT2D eigenvalue weighted by Gasteiger charge is 2.15. The molecule has 3 heteroatoms. The van der Waals surface area contributed by atoms with Gasteiger partial charge in [0.2, 0.25) is 0 Å². The summed E-state index contributed by atoms with van der Waals surface area (Å²) < 4.78 is 2.11. The summed E-state index contributed by atoms with van der Waals surface area (Å²) in [6, 6.07) is 16.7. The summed E-state index contributed by atoms with van der Waals surface area (Å²) in [6.45, 7) is 2.16. The third-order valence-corrected chi connectivity index (χ3v) is 4.02. The maximum Gasteiger partial charge on any atom is 0.126 e. The van der Waals surface area contributed by atoms with Gasteiger partial charge in [-0.15, -0.1) is 0 Å². The molecule has 1 heterocycles. The fourth-order valence-electron chi connectivity index (χ4n) is 2.77. The van der Waals surface area contributed by atoms with Gasteiger partial charge in [-0.2, -0.15) is 0 Å². The first-order valence-corrected chi connectivity index (χ1v) is 7.43. The number of hydrogen-bond donors (Lipinski definition) is 1. The van der Waals surface area contributed by atoms with E-state index in [9.17, 15) is 0 Å². The lowest BCUT2D eigenvalue weighted by molar-refractivity contribution is 0.638. The maximum atomic E-state index is 6.38. The van der Waals surface area contributed by atoms with E-state index in [1.807, 2.05) is 25.2 Å². The van der Waals surface area contributed by atoms with Gasteiger partial charge in [-0.1, -0.05) is 43.3 Å². The van der Waals surface area contributed by atoms with Gasteiger partial charge < -0.3 is 10.3 Å². The average molecular weight is 279 g/mol. The normalized spacial score (nSPS) is 12.7. The van der Waals surface area contributed by atoms with Crippen LogP contribution in [-0.2, 0) is 19.9 Å². The number of imidazole rings is 1. The molecule has 0 bridgehead atoms. The van der Waals surface area contributed by atoms with Crippen LogP contribution < -0.4 is 5.73 Å². The van der Waals surface area contributed by atoms with E-state index in [1.165, 1.54) is 11.1 Å². The number of rotatable bonds is 4. The molecule has 0 aliphatic rings. The molecule has 1 aromatic heterocycles. The van der Waals surface area contributed by atoms with E-state index in [0.29, 0.717) is 0 Å². The quantitative estimate of drug-likeness (QED) is 0.795. The standard InChI is InChI=1S/C18H21N3/c1-3-13-9-10-17-16(12-13)20-18(21(17)2)15(19)11-14-7-5-4-6-8-14/h4-10,12,15H,3,11,19H2,1-2H3. The van der Waals surface area contributed by atoms with Crippen LogP contribution >= 0.6 is 0 Å². The zero-order chi connectivity index (χ0) is 14.8. The first kappa shape index (κ1) is 13.8. The van der Waals surface area contributed by atoms with E-state index in [4.69, 9.17) is 10.7 Å². The highest BCUT2D eigenvalue weighted by atomic mass is 15.1. The molecule has 2 aromatic carbocycles. The van der Waals surface area contributed by atoms with Crippen LogP contribution in [0.3, 0.4) is 0 Å². The number of fused-ring (bicyclic) bond motifs is 1. The highest BCUT2D eigenvalue weighted by molar-refractivity contribution is 5.77. The van der Waals surface area contributed by atoms with E-state index >= 15 is 0 Å². The van der Waals surface area contributed by atoms with Gasteiger partial charge in [0.15, 0.2) is 0 Å². The molecule has 0 aliphatic carbocycles. The number of nitrogens with two attached hydrogens (primary N) is 1. The van der Waals surface area contributed by atoms with Gasteiger partial charge in [0.05, 0.1) is 17.1 Å². The molecule has 108 valence electrons. The van der Waals surface area contributed by atoms with Crippen molar-refractivity contribution in [3.63, 3.8) is 0 Å². The van der Waals surface area contributed by atoms with Crippen molar-refractivity contribution >= 4 is 11.0 Å². The second-order valence-electron chi connectivity index (χ2n) is 5.50. The minimum Gasteiger partial charge on any atom is -0.330 e. The topological polar surface area (TPSA) is 43.8 Å². The predicted octanol–water partition coefficient (Wildman–Crippen LogP) is 3.38. The van der Waals surface area contributed by atoms with E-state index in [-0.39, 0.29) is 6.04 Å². The number of aryl methyl sites for hydroxylation is 2. The van der Waals surface area contributed by atoms with Crippen molar-refractivity contribution in [3.05, 3.63) is 65.5 Å². The van der Waals surface area contributed by atoms with Gasteiger partial charge in [-0.25, -0.2) is 4.98 Å². The average Bonchev–Trinajstić information content (AvgIpc) is 2.85. The molecule has 1 atom stereocenters. The maximum absolute atomic E-state index is 6.38. The summed E-state index contributed by atoms with van der Waals surface area (Å²) >= 11 is 0. The van der Waals surface area contributed by atoms with Crippen molar-refractivity contribution in [3.8, 4) is 0 Å². The molecule has 3 aromatic rings. The third kappa shape index (κ3) is 2.69. The molecule has 2 N–H and O–H groups in total. The Morgan fingerprint density at radius 3 is 2.57 bits per heavy atom. The lowest BCUT2D eigenvalue weighted by Crippen LogP contribution is -2.17. The smallest absolute Gasteiger partial charge is 0.126 e. The highest BCUT2D eigenvalue weighted by Crippen LogP contribution is 2.22. The number of benzene rings is 2. The van der Waals surface area contributed by atoms with Gasteiger partial charge in [-0.05, 0) is 36.1 Å². The van der Waals surface area contributed by atoms with Gasteiger partial charge in [-0.3, -0.25) is 0 Å². The Kier molecular flexibility index (Phi) is 3.76. The Morgan fingerprint density at radius 2 is 1.86 bits per heavy atom. The molecule has 0 aliphatic heterocycles. The fraction of sp³-hybridized carbons (Fsp3) is 0.278. The minimum atomic E-state index is -0.0881. The molecule has 3 nitrogen and oxygen atoms in total. The van der Waals surface area contributed by atoms with Crippen molar-refractivity contribution < 1.29 is 0 Å². The van der Waals surface area contributed by atoms with Gasteiger partial charge in [0, 0.05) is 7.05 Å². The van der Waals surface area contributed by atoms with Crippen LogP contribution in [0.25, 0.3) is 11.0 Å². The lowest BCUT2D eigenvalue weighted by Gasteiger charge is -2.11. The predicted molar refractivity (Wildman–Crippen MR) is 87.2 cm³/mol. The van der Waals surface area contributed by atoms with Gasteiger partial charge in [0.1, 0.15) is 5.82 Å². The van der Waals surface area contributed by atoms with E-state index in [0.717, 1.165) is 29.7 Å². The lowest BCUT2D eigenvalue weighted by atomic mass is 10.1. The summed E-state index contributed by atoms with van der Waals surface area (Å²) in [4.78, 5) is 4.75. The second-order valence-corrected chi connectivity index (χ2v) is 5.50. The minimum absolute atomic E-state index is 0.0881. The number of aromatic nitrogens is 2. The summed E-state index contributed by atoms with van der Waals surface area (Å²) in [5.41, 5.74) is 11.1. The van der Waals surface area contributed by atoms with E-state index < -0.39 is 0 Å². The Hall–Kier alpha value is -2.13. The van der Waals surface area contributed by atoms with Crippen molar-refractivity contribution in [2.24, 2.45) is 12.8 Å². The zero-order valence-corrected chi connectivity index (χ0v) is 12.6. The Labute approximate surface area is 125 Å². The van der Waals surface area contributed by atoms with Crippen LogP contribution in [0.1, 0.15) is 29.9 Å². The van der Waals surface area contributed by atoms with Crippen LogP contribution in [0.15, 0.2) is 48.5 Å². The molecule has 1 unspecified atom stereocenters. The molecular weight excluding hydrogens is 258 g/mol. The zero-order valence-electron chi connectivity index (χ0n) is 12.6. The Balaban J connectivity index is 1.94. The van der Waals surface area contributed by atoms with Crippen molar-refractivity contribution in [1.82, 2.24) is 9.55 Å². The summed E-state index contributed by atoms with van der Waals surface area (Å²) in [5, 5.41) is 0. The molecule has 3 rings (SSSR count). The Bertz CT molecular complexity index is 744. The molecule has 0 fully saturated rings. The summed E-state index contributed by atoms with van der Waals surface area (Å²) in [5.74, 6) is 0.946. The summed E-state index contributed by atoms with van der Waals surface area (Å²) in [7, 11) is 2.04. The molecule has 0 saturated carbocycles. The van der Waals surface area contributed by atoms with Crippen molar-refractivity contribution in [2.75, 3.05) is 0 Å². The molecule has 0 spiro atoms. The molecule has 0 radical (unpaired) electrons.